The number of hydrogen-bond donors (Lipinski definition) is 1. The van der Waals surface area contributed by atoms with E-state index in [0.717, 1.165) is 17.7 Å². The van der Waals surface area contributed by atoms with Gasteiger partial charge in [-0.25, -0.2) is 9.18 Å². The zero-order valence-electron chi connectivity index (χ0n) is 16.4. The third kappa shape index (κ3) is 5.08. The molecule has 0 saturated heterocycles. The van der Waals surface area contributed by atoms with Crippen LogP contribution in [-0.2, 0) is 5.60 Å². The van der Waals surface area contributed by atoms with E-state index in [-0.39, 0.29) is 38.6 Å². The van der Waals surface area contributed by atoms with Crippen molar-refractivity contribution in [2.75, 3.05) is 0 Å². The number of nitrogens with zero attached hydrogens (tertiary/aromatic N) is 1. The molecule has 3 aromatic rings. The predicted octanol–water partition coefficient (Wildman–Crippen LogP) is 6.07. The lowest BCUT2D eigenvalue weighted by atomic mass is 10.1. The van der Waals surface area contributed by atoms with Crippen LogP contribution in [0.15, 0.2) is 48.7 Å². The zero-order valence-corrected chi connectivity index (χ0v) is 17.9. The van der Waals surface area contributed by atoms with Gasteiger partial charge in [-0.05, 0) is 39.0 Å². The van der Waals surface area contributed by atoms with Crippen molar-refractivity contribution < 1.29 is 23.8 Å². The number of halogens is 3. The van der Waals surface area contributed by atoms with Crippen molar-refractivity contribution in [1.82, 2.24) is 4.98 Å². The molecule has 8 heteroatoms. The Morgan fingerprint density at radius 2 is 1.73 bits per heavy atom. The first-order valence-electron chi connectivity index (χ1n) is 8.89. The topological polar surface area (TPSA) is 68.7 Å². The van der Waals surface area contributed by atoms with E-state index in [1.807, 2.05) is 6.92 Å². The van der Waals surface area contributed by atoms with Crippen molar-refractivity contribution in [3.63, 3.8) is 0 Å². The molecular formula is C22H18Cl2FNO4. The van der Waals surface area contributed by atoms with E-state index < -0.39 is 17.4 Å². The van der Waals surface area contributed by atoms with Crippen LogP contribution in [0, 0.1) is 12.7 Å². The molecule has 0 aliphatic rings. The van der Waals surface area contributed by atoms with Crippen LogP contribution in [-0.4, -0.2) is 16.1 Å². The first-order valence-corrected chi connectivity index (χ1v) is 9.64. The van der Waals surface area contributed by atoms with E-state index in [9.17, 15) is 14.3 Å². The summed E-state index contributed by atoms with van der Waals surface area (Å²) in [6.07, 6.45) is 1.33. The summed E-state index contributed by atoms with van der Waals surface area (Å²) < 4.78 is 25.3. The Labute approximate surface area is 183 Å². The quantitative estimate of drug-likeness (QED) is 0.377. The van der Waals surface area contributed by atoms with Gasteiger partial charge in [0.1, 0.15) is 28.7 Å². The van der Waals surface area contributed by atoms with Crippen LogP contribution in [0.3, 0.4) is 0 Å². The molecular weight excluding hydrogens is 432 g/mol. The first kappa shape index (κ1) is 22.0. The highest BCUT2D eigenvalue weighted by atomic mass is 35.5. The first-order chi connectivity index (χ1) is 14.0. The fourth-order valence-corrected chi connectivity index (χ4v) is 3.17. The molecule has 0 spiro atoms. The Hall–Kier alpha value is -2.67. The molecule has 2 aromatic carbocycles. The molecule has 0 unspecified atom stereocenters. The smallest absolute Gasteiger partial charge is 0.346 e. The van der Waals surface area contributed by atoms with Gasteiger partial charge in [-0.2, -0.15) is 0 Å². The zero-order chi connectivity index (χ0) is 22.1. The number of aryl methyl sites for hydroxylation is 1. The highest BCUT2D eigenvalue weighted by molar-refractivity contribution is 6.32. The van der Waals surface area contributed by atoms with Crippen molar-refractivity contribution in [3.8, 4) is 17.2 Å². The molecule has 0 fully saturated rings. The number of aromatic nitrogens is 1. The SMILES string of the molecule is Cc1ccc(OC(=O)c2cc(Cl)c(Oc3cnc(C(C)(C)O)c(Cl)c3)cc2F)cc1. The van der Waals surface area contributed by atoms with Crippen LogP contribution in [0.1, 0.15) is 35.5 Å². The van der Waals surface area contributed by atoms with Gasteiger partial charge < -0.3 is 14.6 Å². The van der Waals surface area contributed by atoms with Gasteiger partial charge in [0.2, 0.25) is 0 Å². The Bertz CT molecular complexity index is 1100. The Morgan fingerprint density at radius 3 is 2.33 bits per heavy atom. The second-order valence-electron chi connectivity index (χ2n) is 7.13. The van der Waals surface area contributed by atoms with E-state index in [2.05, 4.69) is 4.98 Å². The van der Waals surface area contributed by atoms with Crippen LogP contribution in [0.2, 0.25) is 10.0 Å². The molecule has 0 bridgehead atoms. The molecule has 0 aliphatic carbocycles. The lowest BCUT2D eigenvalue weighted by Crippen LogP contribution is -2.18. The molecule has 0 radical (unpaired) electrons. The third-order valence-corrected chi connectivity index (χ3v) is 4.68. The Kier molecular flexibility index (Phi) is 6.31. The van der Waals surface area contributed by atoms with Gasteiger partial charge in [0.15, 0.2) is 0 Å². The maximum atomic E-state index is 14.5. The molecule has 1 N–H and O–H groups in total. The Balaban J connectivity index is 1.81. The largest absolute Gasteiger partial charge is 0.454 e. The van der Waals surface area contributed by atoms with E-state index in [1.165, 1.54) is 12.3 Å². The number of carbonyl (C=O) groups is 1. The monoisotopic (exact) mass is 449 g/mol. The van der Waals surface area contributed by atoms with E-state index in [0.29, 0.717) is 0 Å². The van der Waals surface area contributed by atoms with Gasteiger partial charge in [0.25, 0.3) is 0 Å². The minimum Gasteiger partial charge on any atom is -0.454 e. The number of benzene rings is 2. The third-order valence-electron chi connectivity index (χ3n) is 4.10. The highest BCUT2D eigenvalue weighted by Crippen LogP contribution is 2.34. The molecule has 30 heavy (non-hydrogen) atoms. The van der Waals surface area contributed by atoms with Crippen molar-refractivity contribution in [1.29, 1.82) is 0 Å². The summed E-state index contributed by atoms with van der Waals surface area (Å²) >= 11 is 12.3. The standard InChI is InChI=1S/C22H18Cl2FNO4/c1-12-4-6-13(7-5-12)30-21(27)15-9-16(23)19(10-18(15)25)29-14-8-17(24)20(26-11-14)22(2,3)28/h4-11,28H,1-3H3. The van der Waals surface area contributed by atoms with E-state index >= 15 is 0 Å². The van der Waals surface area contributed by atoms with Gasteiger partial charge in [-0.15, -0.1) is 0 Å². The average molecular weight is 450 g/mol. The molecule has 0 amide bonds. The summed E-state index contributed by atoms with van der Waals surface area (Å²) in [5.74, 6) is -1.31. The number of pyridine rings is 1. The number of carbonyl (C=O) groups excluding carboxylic acids is 1. The van der Waals surface area contributed by atoms with Crippen molar-refractivity contribution in [2.24, 2.45) is 0 Å². The van der Waals surface area contributed by atoms with Crippen LogP contribution in [0.5, 0.6) is 17.2 Å². The van der Waals surface area contributed by atoms with Gasteiger partial charge in [0.05, 0.1) is 27.5 Å². The highest BCUT2D eigenvalue weighted by Gasteiger charge is 2.23. The predicted molar refractivity (Wildman–Crippen MR) is 112 cm³/mol. The number of ether oxygens (including phenoxy) is 2. The minimum absolute atomic E-state index is 0.00468. The molecule has 3 rings (SSSR count). The summed E-state index contributed by atoms with van der Waals surface area (Å²) in [5.41, 5.74) is -0.307. The summed E-state index contributed by atoms with van der Waals surface area (Å²) in [4.78, 5) is 16.4. The second kappa shape index (κ2) is 8.60. The van der Waals surface area contributed by atoms with Gasteiger partial charge in [-0.1, -0.05) is 40.9 Å². The molecule has 5 nitrogen and oxygen atoms in total. The van der Waals surface area contributed by atoms with Crippen LogP contribution < -0.4 is 9.47 Å². The normalized spacial score (nSPS) is 11.3. The minimum atomic E-state index is -1.24. The number of hydrogen-bond acceptors (Lipinski definition) is 5. The maximum Gasteiger partial charge on any atom is 0.346 e. The summed E-state index contributed by atoms with van der Waals surface area (Å²) in [6.45, 7) is 4.98. The fraction of sp³-hybridized carbons (Fsp3) is 0.182. The number of aliphatic hydroxyl groups is 1. The molecule has 156 valence electrons. The van der Waals surface area contributed by atoms with E-state index in [4.69, 9.17) is 32.7 Å². The summed E-state index contributed by atoms with van der Waals surface area (Å²) in [6, 6.07) is 10.3. The second-order valence-corrected chi connectivity index (χ2v) is 7.94. The van der Waals surface area contributed by atoms with Crippen LogP contribution in [0.4, 0.5) is 4.39 Å². The van der Waals surface area contributed by atoms with Gasteiger partial charge in [-0.3, -0.25) is 4.98 Å². The lowest BCUT2D eigenvalue weighted by molar-refractivity contribution is 0.0726. The summed E-state index contributed by atoms with van der Waals surface area (Å²) in [5, 5.41) is 10.2. The average Bonchev–Trinajstić information content (AvgIpc) is 2.65. The van der Waals surface area contributed by atoms with Crippen molar-refractivity contribution in [3.05, 3.63) is 81.3 Å². The van der Waals surface area contributed by atoms with Crippen LogP contribution >= 0.6 is 23.2 Å². The molecule has 1 aromatic heterocycles. The van der Waals surface area contributed by atoms with Crippen molar-refractivity contribution >= 4 is 29.2 Å². The molecule has 1 heterocycles. The Morgan fingerprint density at radius 1 is 1.07 bits per heavy atom. The molecule has 0 atom stereocenters. The number of rotatable bonds is 5. The lowest BCUT2D eigenvalue weighted by Gasteiger charge is -2.18. The van der Waals surface area contributed by atoms with Crippen LogP contribution in [0.25, 0.3) is 0 Å². The van der Waals surface area contributed by atoms with Gasteiger partial charge >= 0.3 is 5.97 Å². The number of esters is 1. The fourth-order valence-electron chi connectivity index (χ4n) is 2.58. The van der Waals surface area contributed by atoms with Crippen molar-refractivity contribution in [2.45, 2.75) is 26.4 Å². The van der Waals surface area contributed by atoms with Gasteiger partial charge in [0, 0.05) is 12.1 Å². The maximum absolute atomic E-state index is 14.5. The molecule has 0 aliphatic heterocycles. The summed E-state index contributed by atoms with van der Waals surface area (Å²) in [7, 11) is 0. The molecule has 0 saturated carbocycles. The van der Waals surface area contributed by atoms with E-state index in [1.54, 1.807) is 38.1 Å².